The zero-order chi connectivity index (χ0) is 17.1. The number of fused-ring (bicyclic) bond motifs is 1. The third-order valence-electron chi connectivity index (χ3n) is 4.18. The molecule has 0 fully saturated rings. The number of hydrogen-bond acceptors (Lipinski definition) is 2. The highest BCUT2D eigenvalue weighted by Gasteiger charge is 2.31. The summed E-state index contributed by atoms with van der Waals surface area (Å²) in [6.45, 7) is 0. The first kappa shape index (κ1) is 15.7. The van der Waals surface area contributed by atoms with Crippen LogP contribution in [0.15, 0.2) is 89.8 Å². The molecule has 0 saturated heterocycles. The van der Waals surface area contributed by atoms with E-state index in [1.54, 1.807) is 11.8 Å². The highest BCUT2D eigenvalue weighted by Crippen LogP contribution is 2.36. The third-order valence-corrected chi connectivity index (χ3v) is 5.17. The number of carbonyl (C=O) groups is 1. The summed E-state index contributed by atoms with van der Waals surface area (Å²) in [5.41, 5.74) is 3.84. The van der Waals surface area contributed by atoms with E-state index in [0.29, 0.717) is 5.88 Å². The molecule has 0 spiro atoms. The molecule has 0 unspecified atom stereocenters. The lowest BCUT2D eigenvalue weighted by atomic mass is 10.1. The van der Waals surface area contributed by atoms with Gasteiger partial charge in [-0.05, 0) is 29.8 Å². The van der Waals surface area contributed by atoms with Crippen LogP contribution in [0.5, 0.6) is 0 Å². The van der Waals surface area contributed by atoms with Gasteiger partial charge in [0.1, 0.15) is 0 Å². The number of amides is 1. The number of hydrogen-bond donors (Lipinski definition) is 0. The molecule has 0 atom stereocenters. The average molecular weight is 343 g/mol. The summed E-state index contributed by atoms with van der Waals surface area (Å²) < 4.78 is 0. The molecular formula is C22H17NOS. The molecule has 1 aliphatic rings. The maximum Gasteiger partial charge on any atom is 0.259 e. The van der Waals surface area contributed by atoms with Crippen LogP contribution >= 0.6 is 11.8 Å². The van der Waals surface area contributed by atoms with Crippen molar-refractivity contribution in [3.8, 4) is 0 Å². The minimum absolute atomic E-state index is 0.0706. The van der Waals surface area contributed by atoms with Gasteiger partial charge in [-0.3, -0.25) is 9.69 Å². The molecule has 1 aliphatic heterocycles. The van der Waals surface area contributed by atoms with E-state index < -0.39 is 0 Å². The lowest BCUT2D eigenvalue weighted by molar-refractivity contribution is 0.0869. The molecule has 0 bridgehead atoms. The van der Waals surface area contributed by atoms with Gasteiger partial charge in [-0.25, -0.2) is 0 Å². The second kappa shape index (κ2) is 6.99. The van der Waals surface area contributed by atoms with Crippen molar-refractivity contribution in [2.75, 3.05) is 5.88 Å². The number of carbonyl (C=O) groups excluding carboxylic acids is 1. The maximum atomic E-state index is 12.9. The standard InChI is InChI=1S/C22H17NOS/c24-22-20-14-8-7-13-19(20)21(15-17-9-3-1-4-10-17)23(22)16-25-18-11-5-2-6-12-18/h1-15H,16H2/b21-15-. The third kappa shape index (κ3) is 3.24. The number of rotatable bonds is 4. The molecule has 3 aromatic carbocycles. The Kier molecular flexibility index (Phi) is 4.40. The van der Waals surface area contributed by atoms with Gasteiger partial charge in [0, 0.05) is 16.0 Å². The highest BCUT2D eigenvalue weighted by molar-refractivity contribution is 7.99. The van der Waals surface area contributed by atoms with Crippen molar-refractivity contribution in [3.05, 3.63) is 102 Å². The Labute approximate surface area is 151 Å². The average Bonchev–Trinajstić information content (AvgIpc) is 2.94. The minimum Gasteiger partial charge on any atom is -0.298 e. The van der Waals surface area contributed by atoms with E-state index in [0.717, 1.165) is 27.3 Å². The van der Waals surface area contributed by atoms with Crippen LogP contribution in [0.3, 0.4) is 0 Å². The van der Waals surface area contributed by atoms with E-state index in [9.17, 15) is 4.79 Å². The molecule has 3 aromatic rings. The van der Waals surface area contributed by atoms with Gasteiger partial charge in [0.15, 0.2) is 0 Å². The Morgan fingerprint density at radius 1 is 0.760 bits per heavy atom. The molecule has 4 rings (SSSR count). The molecular weight excluding hydrogens is 326 g/mol. The van der Waals surface area contributed by atoms with Gasteiger partial charge in [0.25, 0.3) is 5.91 Å². The minimum atomic E-state index is 0.0706. The Hall–Kier alpha value is -2.78. The van der Waals surface area contributed by atoms with E-state index >= 15 is 0 Å². The normalized spacial score (nSPS) is 14.8. The van der Waals surface area contributed by atoms with Crippen LogP contribution in [0.2, 0.25) is 0 Å². The first-order valence-corrected chi connectivity index (χ1v) is 9.17. The summed E-state index contributed by atoms with van der Waals surface area (Å²) in [4.78, 5) is 15.9. The smallest absolute Gasteiger partial charge is 0.259 e. The van der Waals surface area contributed by atoms with Gasteiger partial charge in [-0.2, -0.15) is 0 Å². The van der Waals surface area contributed by atoms with Gasteiger partial charge in [0.2, 0.25) is 0 Å². The number of benzene rings is 3. The van der Waals surface area contributed by atoms with Crippen LogP contribution in [0.25, 0.3) is 11.8 Å². The predicted octanol–water partition coefficient (Wildman–Crippen LogP) is 5.39. The fourth-order valence-electron chi connectivity index (χ4n) is 2.94. The van der Waals surface area contributed by atoms with E-state index in [-0.39, 0.29) is 5.91 Å². The number of nitrogens with zero attached hydrogens (tertiary/aromatic N) is 1. The second-order valence-electron chi connectivity index (χ2n) is 5.81. The number of thioether (sulfide) groups is 1. The molecule has 0 N–H and O–H groups in total. The Bertz CT molecular complexity index is 919. The summed E-state index contributed by atoms with van der Waals surface area (Å²) in [6, 6.07) is 28.1. The highest BCUT2D eigenvalue weighted by atomic mass is 32.2. The van der Waals surface area contributed by atoms with Gasteiger partial charge in [-0.15, -0.1) is 11.8 Å². The van der Waals surface area contributed by atoms with Crippen molar-refractivity contribution in [2.45, 2.75) is 4.90 Å². The van der Waals surface area contributed by atoms with Crippen molar-refractivity contribution in [1.29, 1.82) is 0 Å². The molecule has 0 saturated carbocycles. The molecule has 0 aliphatic carbocycles. The molecule has 122 valence electrons. The quantitative estimate of drug-likeness (QED) is 0.592. The molecule has 1 amide bonds. The molecule has 1 heterocycles. The van der Waals surface area contributed by atoms with Gasteiger partial charge < -0.3 is 0 Å². The maximum absolute atomic E-state index is 12.9. The van der Waals surface area contributed by atoms with Crippen LogP contribution < -0.4 is 0 Å². The molecule has 25 heavy (non-hydrogen) atoms. The zero-order valence-electron chi connectivity index (χ0n) is 13.6. The topological polar surface area (TPSA) is 20.3 Å². The van der Waals surface area contributed by atoms with E-state index in [1.807, 2.05) is 65.6 Å². The fourth-order valence-corrected chi connectivity index (χ4v) is 3.82. The molecule has 2 nitrogen and oxygen atoms in total. The van der Waals surface area contributed by atoms with Crippen molar-refractivity contribution in [1.82, 2.24) is 4.90 Å². The van der Waals surface area contributed by atoms with Gasteiger partial charge in [0.05, 0.1) is 11.6 Å². The van der Waals surface area contributed by atoms with Crippen LogP contribution in [0, 0.1) is 0 Å². The van der Waals surface area contributed by atoms with Crippen molar-refractivity contribution in [3.63, 3.8) is 0 Å². The SMILES string of the molecule is O=C1c2ccccc2/C(=C/c2ccccc2)N1CSc1ccccc1. The largest absolute Gasteiger partial charge is 0.298 e. The summed E-state index contributed by atoms with van der Waals surface area (Å²) in [5, 5.41) is 0. The summed E-state index contributed by atoms with van der Waals surface area (Å²) in [6.07, 6.45) is 2.09. The molecule has 0 aromatic heterocycles. The van der Waals surface area contributed by atoms with E-state index in [1.165, 1.54) is 0 Å². The molecule has 0 radical (unpaired) electrons. The van der Waals surface area contributed by atoms with Crippen LogP contribution in [-0.2, 0) is 0 Å². The Morgan fingerprint density at radius 3 is 2.08 bits per heavy atom. The van der Waals surface area contributed by atoms with Gasteiger partial charge in [-0.1, -0.05) is 66.7 Å². The van der Waals surface area contributed by atoms with Crippen LogP contribution in [0.1, 0.15) is 21.5 Å². The van der Waals surface area contributed by atoms with Crippen LogP contribution in [0.4, 0.5) is 0 Å². The molecule has 3 heteroatoms. The Balaban J connectivity index is 1.69. The van der Waals surface area contributed by atoms with Crippen molar-refractivity contribution >= 4 is 29.4 Å². The van der Waals surface area contributed by atoms with Crippen molar-refractivity contribution < 1.29 is 4.79 Å². The predicted molar refractivity (Wildman–Crippen MR) is 104 cm³/mol. The Morgan fingerprint density at radius 2 is 1.36 bits per heavy atom. The first-order chi connectivity index (χ1) is 12.3. The van der Waals surface area contributed by atoms with E-state index in [2.05, 4.69) is 30.3 Å². The summed E-state index contributed by atoms with van der Waals surface area (Å²) in [5.74, 6) is 0.664. The first-order valence-electron chi connectivity index (χ1n) is 8.19. The second-order valence-corrected chi connectivity index (χ2v) is 6.82. The zero-order valence-corrected chi connectivity index (χ0v) is 14.4. The van der Waals surface area contributed by atoms with Crippen LogP contribution in [-0.4, -0.2) is 16.7 Å². The fraction of sp³-hybridized carbons (Fsp3) is 0.0455. The lowest BCUT2D eigenvalue weighted by Gasteiger charge is -2.18. The monoisotopic (exact) mass is 343 g/mol. The van der Waals surface area contributed by atoms with Crippen molar-refractivity contribution in [2.24, 2.45) is 0 Å². The lowest BCUT2D eigenvalue weighted by Crippen LogP contribution is -2.22. The van der Waals surface area contributed by atoms with E-state index in [4.69, 9.17) is 0 Å². The summed E-state index contributed by atoms with van der Waals surface area (Å²) in [7, 11) is 0. The van der Waals surface area contributed by atoms with Gasteiger partial charge >= 0.3 is 0 Å². The summed E-state index contributed by atoms with van der Waals surface area (Å²) >= 11 is 1.67.